The summed E-state index contributed by atoms with van der Waals surface area (Å²) in [5, 5.41) is 3.11. The van der Waals surface area contributed by atoms with Crippen molar-refractivity contribution in [2.75, 3.05) is 0 Å². The Labute approximate surface area is 340 Å². The highest BCUT2D eigenvalue weighted by Gasteiger charge is 2.23. The summed E-state index contributed by atoms with van der Waals surface area (Å²) in [4.78, 5) is 20.3. The van der Waals surface area contributed by atoms with Crippen molar-refractivity contribution in [2.45, 2.75) is 0 Å². The van der Waals surface area contributed by atoms with E-state index in [0.717, 1.165) is 70.5 Å². The van der Waals surface area contributed by atoms with Gasteiger partial charge in [0.25, 0.3) is 0 Å². The van der Waals surface area contributed by atoms with E-state index < -0.39 is 0 Å². The largest absolute Gasteiger partial charge is 0.308 e. The molecule has 0 amide bonds. The second-order valence-electron chi connectivity index (χ2n) is 13.8. The van der Waals surface area contributed by atoms with Gasteiger partial charge in [0.2, 0.25) is 0 Å². The molecular formula is C46H24B5N5S. The first-order valence-corrected chi connectivity index (χ1v) is 19.1. The number of nitrogens with zero attached hydrogens (tertiary/aromatic N) is 5. The molecule has 0 N–H and O–H groups in total. The van der Waals surface area contributed by atoms with Gasteiger partial charge >= 0.3 is 0 Å². The van der Waals surface area contributed by atoms with Gasteiger partial charge in [-0.15, -0.1) is 27.7 Å². The van der Waals surface area contributed by atoms with Crippen molar-refractivity contribution in [3.05, 3.63) is 146 Å². The van der Waals surface area contributed by atoms with Crippen LogP contribution in [0.15, 0.2) is 146 Å². The Hall–Kier alpha value is -6.44. The second kappa shape index (κ2) is 13.9. The minimum Gasteiger partial charge on any atom is -0.308 e. The molecule has 11 heteroatoms. The maximum atomic E-state index is 6.64. The van der Waals surface area contributed by atoms with Gasteiger partial charge in [-0.25, -0.2) is 19.9 Å². The van der Waals surface area contributed by atoms with Gasteiger partial charge in [0.1, 0.15) is 44.2 Å². The predicted octanol–water partition coefficient (Wildman–Crippen LogP) is 5.88. The zero-order valence-electron chi connectivity index (χ0n) is 30.4. The van der Waals surface area contributed by atoms with E-state index in [4.69, 9.17) is 59.2 Å². The fraction of sp³-hybridized carbons (Fsp3) is 0. The number of thiazole rings is 1. The molecular weight excluding hydrogens is 709 g/mol. The van der Waals surface area contributed by atoms with Crippen molar-refractivity contribution in [1.29, 1.82) is 0 Å². The Balaban J connectivity index is 1.31. The second-order valence-corrected chi connectivity index (χ2v) is 14.8. The first-order chi connectivity index (χ1) is 27.9. The number of aromatic nitrogens is 5. The van der Waals surface area contributed by atoms with Gasteiger partial charge < -0.3 is 4.57 Å². The lowest BCUT2D eigenvalue weighted by atomic mass is 9.60. The van der Waals surface area contributed by atoms with Crippen molar-refractivity contribution in [1.82, 2.24) is 24.5 Å². The summed E-state index contributed by atoms with van der Waals surface area (Å²) in [6.07, 6.45) is 0. The van der Waals surface area contributed by atoms with Gasteiger partial charge in [-0.1, -0.05) is 114 Å². The fourth-order valence-electron chi connectivity index (χ4n) is 7.59. The van der Waals surface area contributed by atoms with E-state index in [-0.39, 0.29) is 38.7 Å². The average molecular weight is 733 g/mol. The van der Waals surface area contributed by atoms with Crippen LogP contribution in [0.1, 0.15) is 0 Å². The van der Waals surface area contributed by atoms with E-state index >= 15 is 0 Å². The molecule has 10 aromatic rings. The Kier molecular flexibility index (Phi) is 8.56. The van der Waals surface area contributed by atoms with Gasteiger partial charge in [-0.2, -0.15) is 0 Å². The maximum Gasteiger partial charge on any atom is 0.166 e. The number of fused-ring (bicyclic) bond motifs is 4. The summed E-state index contributed by atoms with van der Waals surface area (Å²) in [5.41, 5.74) is 9.38. The molecule has 0 aliphatic carbocycles. The van der Waals surface area contributed by atoms with E-state index in [0.29, 0.717) is 11.6 Å². The minimum atomic E-state index is 0.109. The minimum absolute atomic E-state index is 0.109. The van der Waals surface area contributed by atoms with E-state index in [1.54, 1.807) is 11.3 Å². The van der Waals surface area contributed by atoms with Crippen molar-refractivity contribution < 1.29 is 0 Å². The summed E-state index contributed by atoms with van der Waals surface area (Å²) in [5.74, 6) is 1.00. The standard InChI is InChI=1S/C46H24B5N5S/c47-38-37(39(48)41(50)42(51)40(38)49)45-54-43(26-14-5-2-6-15-26)53-44(55-45)30-24-27(46-52-31-18-8-10-21-35(31)57-46)22-23-33(30)56-32-19-9-7-16-29(32)36-28(17-11-20-34(36)56)25-12-3-1-4-13-25/h1-24H. The van der Waals surface area contributed by atoms with Crippen molar-refractivity contribution in [3.63, 3.8) is 0 Å². The van der Waals surface area contributed by atoms with Gasteiger partial charge in [-0.3, -0.25) is 0 Å². The van der Waals surface area contributed by atoms with Crippen LogP contribution in [0.2, 0.25) is 0 Å². The predicted molar refractivity (Wildman–Crippen MR) is 241 cm³/mol. The van der Waals surface area contributed by atoms with Crippen LogP contribution in [0.4, 0.5) is 0 Å². The number of benzene rings is 7. The lowest BCUT2D eigenvalue weighted by Crippen LogP contribution is -2.55. The quantitative estimate of drug-likeness (QED) is 0.201. The topological polar surface area (TPSA) is 56.5 Å². The number of hydrogen-bond donors (Lipinski definition) is 0. The molecule has 3 heterocycles. The molecule has 0 bridgehead atoms. The lowest BCUT2D eigenvalue weighted by Gasteiger charge is -2.21. The van der Waals surface area contributed by atoms with Gasteiger partial charge in [-0.05, 0) is 53.6 Å². The van der Waals surface area contributed by atoms with Gasteiger partial charge in [0, 0.05) is 33.0 Å². The number of para-hydroxylation sites is 2. The van der Waals surface area contributed by atoms with Crippen molar-refractivity contribution >= 4 is 110 Å². The van der Waals surface area contributed by atoms with Crippen LogP contribution in [0.5, 0.6) is 0 Å². The van der Waals surface area contributed by atoms with Crippen LogP contribution < -0.4 is 27.3 Å². The molecule has 0 saturated heterocycles. The van der Waals surface area contributed by atoms with Crippen LogP contribution in [0.3, 0.4) is 0 Å². The Bertz CT molecular complexity index is 3140. The van der Waals surface area contributed by atoms with Gasteiger partial charge in [0.05, 0.1) is 26.9 Å². The Morgan fingerprint density at radius 3 is 1.81 bits per heavy atom. The molecule has 0 atom stereocenters. The fourth-order valence-corrected chi connectivity index (χ4v) is 8.55. The van der Waals surface area contributed by atoms with Crippen molar-refractivity contribution in [3.8, 4) is 61.5 Å². The molecule has 10 radical (unpaired) electrons. The molecule has 0 unspecified atom stereocenters. The average Bonchev–Trinajstić information content (AvgIpc) is 3.85. The molecule has 254 valence electrons. The van der Waals surface area contributed by atoms with Crippen LogP contribution in [0.25, 0.3) is 93.6 Å². The van der Waals surface area contributed by atoms with E-state index in [1.165, 1.54) is 0 Å². The molecule has 3 aromatic heterocycles. The molecule has 0 aliphatic rings. The first kappa shape index (κ1) is 35.0. The summed E-state index contributed by atoms with van der Waals surface area (Å²) in [6, 6.07) is 49.5. The normalized spacial score (nSPS) is 11.5. The third kappa shape index (κ3) is 5.84. The third-order valence-corrected chi connectivity index (χ3v) is 11.5. The summed E-state index contributed by atoms with van der Waals surface area (Å²) in [7, 11) is 32.3. The zero-order valence-corrected chi connectivity index (χ0v) is 31.2. The highest BCUT2D eigenvalue weighted by Crippen LogP contribution is 2.42. The molecule has 0 saturated carbocycles. The highest BCUT2D eigenvalue weighted by molar-refractivity contribution is 7.21. The molecule has 10 rings (SSSR count). The molecule has 0 aliphatic heterocycles. The molecule has 57 heavy (non-hydrogen) atoms. The van der Waals surface area contributed by atoms with Crippen LogP contribution in [-0.4, -0.2) is 63.7 Å². The lowest BCUT2D eigenvalue weighted by molar-refractivity contribution is 1.07. The smallest absolute Gasteiger partial charge is 0.166 e. The Morgan fingerprint density at radius 2 is 1.05 bits per heavy atom. The number of rotatable bonds is 6. The zero-order chi connectivity index (χ0) is 38.8. The van der Waals surface area contributed by atoms with E-state index in [2.05, 4.69) is 95.6 Å². The van der Waals surface area contributed by atoms with Gasteiger partial charge in [0.15, 0.2) is 17.5 Å². The monoisotopic (exact) mass is 733 g/mol. The maximum absolute atomic E-state index is 6.64. The van der Waals surface area contributed by atoms with Crippen LogP contribution >= 0.6 is 11.3 Å². The van der Waals surface area contributed by atoms with E-state index in [1.807, 2.05) is 54.6 Å². The third-order valence-electron chi connectivity index (χ3n) is 10.4. The highest BCUT2D eigenvalue weighted by atomic mass is 32.1. The molecule has 5 nitrogen and oxygen atoms in total. The SMILES string of the molecule is [B]c1c([B])c([B])c(-c2nc(-c3ccccc3)nc(-c3cc(-c4nc5ccccc5s4)ccc3-n3c4ccccc4c4c(-c5ccccc5)cccc43)n2)c([B])c1[B]. The Morgan fingerprint density at radius 1 is 0.439 bits per heavy atom. The summed E-state index contributed by atoms with van der Waals surface area (Å²) >= 11 is 1.63. The molecule has 7 aromatic carbocycles. The van der Waals surface area contributed by atoms with Crippen LogP contribution in [0, 0.1) is 0 Å². The summed E-state index contributed by atoms with van der Waals surface area (Å²) < 4.78 is 3.37. The van der Waals surface area contributed by atoms with Crippen LogP contribution in [-0.2, 0) is 0 Å². The molecule has 0 fully saturated rings. The first-order valence-electron chi connectivity index (χ1n) is 18.3. The van der Waals surface area contributed by atoms with E-state index in [9.17, 15) is 0 Å². The van der Waals surface area contributed by atoms with Crippen molar-refractivity contribution in [2.24, 2.45) is 0 Å². The number of hydrogen-bond acceptors (Lipinski definition) is 5. The molecule has 0 spiro atoms. The summed E-state index contributed by atoms with van der Waals surface area (Å²) in [6.45, 7) is 0.